The van der Waals surface area contributed by atoms with Crippen molar-refractivity contribution in [2.45, 2.75) is 44.8 Å². The van der Waals surface area contributed by atoms with Crippen LogP contribution in [0, 0.1) is 0 Å². The number of ether oxygens (including phenoxy) is 2. The monoisotopic (exact) mass is 229 g/mol. The summed E-state index contributed by atoms with van der Waals surface area (Å²) >= 11 is 0. The summed E-state index contributed by atoms with van der Waals surface area (Å²) in [6.07, 6.45) is 1.97. The molecule has 0 bridgehead atoms. The number of amides is 1. The average Bonchev–Trinajstić information content (AvgIpc) is 2.23. The molecule has 5 heteroatoms. The molecule has 5 nitrogen and oxygen atoms in total. The smallest absolute Gasteiger partial charge is 0.334 e. The van der Waals surface area contributed by atoms with Gasteiger partial charge in [-0.1, -0.05) is 6.92 Å². The molecule has 16 heavy (non-hydrogen) atoms. The molecule has 1 amide bonds. The molecule has 1 rings (SSSR count). The van der Waals surface area contributed by atoms with E-state index in [2.05, 4.69) is 5.32 Å². The van der Waals surface area contributed by atoms with Crippen LogP contribution in [0.25, 0.3) is 0 Å². The van der Waals surface area contributed by atoms with Gasteiger partial charge in [0, 0.05) is 13.5 Å². The van der Waals surface area contributed by atoms with Gasteiger partial charge in [0.1, 0.15) is 0 Å². The minimum atomic E-state index is -0.963. The molecule has 1 N–H and O–H groups in total. The second-order valence-corrected chi connectivity index (χ2v) is 4.04. The zero-order chi connectivity index (χ0) is 12.2. The van der Waals surface area contributed by atoms with Crippen molar-refractivity contribution in [1.29, 1.82) is 0 Å². The predicted octanol–water partition coefficient (Wildman–Crippen LogP) is 0.623. The summed E-state index contributed by atoms with van der Waals surface area (Å²) in [5.74, 6) is -0.662. The maximum absolute atomic E-state index is 11.7. The lowest BCUT2D eigenvalue weighted by Crippen LogP contribution is -2.68. The Morgan fingerprint density at radius 2 is 2.19 bits per heavy atom. The maximum Gasteiger partial charge on any atom is 0.334 e. The van der Waals surface area contributed by atoms with E-state index >= 15 is 0 Å². The largest absolute Gasteiger partial charge is 0.467 e. The van der Waals surface area contributed by atoms with Gasteiger partial charge in [-0.2, -0.15) is 0 Å². The third kappa shape index (κ3) is 2.35. The van der Waals surface area contributed by atoms with Crippen molar-refractivity contribution in [3.8, 4) is 0 Å². The van der Waals surface area contributed by atoms with E-state index in [1.54, 1.807) is 0 Å². The van der Waals surface area contributed by atoms with Crippen LogP contribution in [0.5, 0.6) is 0 Å². The molecule has 0 aromatic carbocycles. The molecule has 2 atom stereocenters. The Balaban J connectivity index is 2.71. The zero-order valence-electron chi connectivity index (χ0n) is 10.0. The van der Waals surface area contributed by atoms with Crippen molar-refractivity contribution >= 4 is 11.9 Å². The summed E-state index contributed by atoms with van der Waals surface area (Å²) in [6, 6.07) is 0. The van der Waals surface area contributed by atoms with E-state index < -0.39 is 11.5 Å². The lowest BCUT2D eigenvalue weighted by Gasteiger charge is -2.46. The summed E-state index contributed by atoms with van der Waals surface area (Å²) in [7, 11) is 1.32. The highest BCUT2D eigenvalue weighted by Gasteiger charge is 2.55. The van der Waals surface area contributed by atoms with Gasteiger partial charge in [-0.25, -0.2) is 4.79 Å². The minimum absolute atomic E-state index is 0.241. The fourth-order valence-corrected chi connectivity index (χ4v) is 1.96. The van der Waals surface area contributed by atoms with E-state index in [0.29, 0.717) is 13.0 Å². The summed E-state index contributed by atoms with van der Waals surface area (Å²) in [6.45, 7) is 3.97. The van der Waals surface area contributed by atoms with E-state index in [4.69, 9.17) is 9.47 Å². The molecule has 1 fully saturated rings. The third-order valence-electron chi connectivity index (χ3n) is 2.82. The minimum Gasteiger partial charge on any atom is -0.467 e. The lowest BCUT2D eigenvalue weighted by atomic mass is 9.73. The van der Waals surface area contributed by atoms with Crippen LogP contribution in [-0.4, -0.2) is 37.2 Å². The van der Waals surface area contributed by atoms with E-state index in [9.17, 15) is 9.59 Å². The molecule has 0 saturated heterocycles. The molecule has 0 aromatic heterocycles. The number of rotatable bonds is 5. The topological polar surface area (TPSA) is 64.6 Å². The Bertz CT molecular complexity index is 279. The van der Waals surface area contributed by atoms with Gasteiger partial charge in [-0.15, -0.1) is 0 Å². The van der Waals surface area contributed by atoms with Crippen molar-refractivity contribution in [3.63, 3.8) is 0 Å². The van der Waals surface area contributed by atoms with Crippen molar-refractivity contribution < 1.29 is 19.1 Å². The van der Waals surface area contributed by atoms with E-state index in [0.717, 1.165) is 12.8 Å². The van der Waals surface area contributed by atoms with Crippen LogP contribution in [0.1, 0.15) is 33.1 Å². The number of carbonyl (C=O) groups excluding carboxylic acids is 2. The first-order valence-corrected chi connectivity index (χ1v) is 5.55. The third-order valence-corrected chi connectivity index (χ3v) is 2.82. The summed E-state index contributed by atoms with van der Waals surface area (Å²) in [5.41, 5.74) is -0.963. The van der Waals surface area contributed by atoms with Crippen LogP contribution in [0.2, 0.25) is 0 Å². The normalized spacial score (nSPS) is 28.1. The van der Waals surface area contributed by atoms with E-state index in [-0.39, 0.29) is 12.0 Å². The quantitative estimate of drug-likeness (QED) is 0.702. The van der Waals surface area contributed by atoms with Crippen LogP contribution in [0.4, 0.5) is 0 Å². The fraction of sp³-hybridized carbons (Fsp3) is 0.818. The van der Waals surface area contributed by atoms with E-state index in [1.807, 2.05) is 6.92 Å². The van der Waals surface area contributed by atoms with Crippen LogP contribution in [-0.2, 0) is 19.1 Å². The predicted molar refractivity (Wildman–Crippen MR) is 57.8 cm³/mol. The van der Waals surface area contributed by atoms with Gasteiger partial charge >= 0.3 is 5.97 Å². The van der Waals surface area contributed by atoms with Crippen LogP contribution >= 0.6 is 0 Å². The molecule has 1 aliphatic rings. The van der Waals surface area contributed by atoms with E-state index in [1.165, 1.54) is 14.0 Å². The number of esters is 1. The molecule has 1 aliphatic carbocycles. The maximum atomic E-state index is 11.7. The highest BCUT2D eigenvalue weighted by molar-refractivity contribution is 5.89. The number of nitrogens with one attached hydrogen (secondary N) is 1. The highest BCUT2D eigenvalue weighted by Crippen LogP contribution is 2.36. The first kappa shape index (κ1) is 13.0. The number of methoxy groups -OCH3 is 1. The lowest BCUT2D eigenvalue weighted by molar-refractivity contribution is -0.170. The molecular formula is C11H19NO4. The number of carbonyl (C=O) groups is 2. The summed E-state index contributed by atoms with van der Waals surface area (Å²) in [5, 5.41) is 2.66. The molecule has 0 unspecified atom stereocenters. The summed E-state index contributed by atoms with van der Waals surface area (Å²) in [4.78, 5) is 22.8. The highest BCUT2D eigenvalue weighted by atomic mass is 16.5. The second-order valence-electron chi connectivity index (χ2n) is 4.04. The van der Waals surface area contributed by atoms with Crippen molar-refractivity contribution in [2.24, 2.45) is 0 Å². The Morgan fingerprint density at radius 1 is 1.50 bits per heavy atom. The summed E-state index contributed by atoms with van der Waals surface area (Å²) < 4.78 is 10.3. The molecule has 0 heterocycles. The molecule has 0 spiro atoms. The number of hydrogen-bond acceptors (Lipinski definition) is 4. The number of hydrogen-bond donors (Lipinski definition) is 1. The molecule has 1 saturated carbocycles. The molecule has 0 radical (unpaired) electrons. The van der Waals surface area contributed by atoms with Gasteiger partial charge in [-0.3, -0.25) is 4.79 Å². The van der Waals surface area contributed by atoms with Crippen LogP contribution < -0.4 is 5.32 Å². The van der Waals surface area contributed by atoms with Crippen molar-refractivity contribution in [3.05, 3.63) is 0 Å². The Morgan fingerprint density at radius 3 is 2.56 bits per heavy atom. The second kappa shape index (κ2) is 5.30. The molecule has 0 aliphatic heterocycles. The Kier molecular flexibility index (Phi) is 4.29. The van der Waals surface area contributed by atoms with Crippen LogP contribution in [0.3, 0.4) is 0 Å². The Hall–Kier alpha value is -1.10. The first-order valence-electron chi connectivity index (χ1n) is 5.55. The van der Waals surface area contributed by atoms with Gasteiger partial charge in [0.05, 0.1) is 13.2 Å². The van der Waals surface area contributed by atoms with Crippen molar-refractivity contribution in [1.82, 2.24) is 5.32 Å². The Labute approximate surface area is 95.5 Å². The van der Waals surface area contributed by atoms with Gasteiger partial charge in [0.15, 0.2) is 5.54 Å². The molecule has 0 aromatic rings. The first-order chi connectivity index (χ1) is 7.56. The molecule has 92 valence electrons. The van der Waals surface area contributed by atoms with Gasteiger partial charge in [0.25, 0.3) is 0 Å². The van der Waals surface area contributed by atoms with Gasteiger partial charge < -0.3 is 14.8 Å². The SMILES string of the molecule is CCCO[C@H]1CC[C@]1(NC(C)=O)C(=O)OC. The van der Waals surface area contributed by atoms with Crippen LogP contribution in [0.15, 0.2) is 0 Å². The van der Waals surface area contributed by atoms with Gasteiger partial charge in [0.2, 0.25) is 5.91 Å². The average molecular weight is 229 g/mol. The zero-order valence-corrected chi connectivity index (χ0v) is 10.0. The van der Waals surface area contributed by atoms with Crippen molar-refractivity contribution in [2.75, 3.05) is 13.7 Å². The van der Waals surface area contributed by atoms with Gasteiger partial charge in [-0.05, 0) is 19.3 Å². The molecular weight excluding hydrogens is 210 g/mol. The fourth-order valence-electron chi connectivity index (χ4n) is 1.96. The standard InChI is InChI=1S/C11H19NO4/c1-4-7-16-9-5-6-11(9,10(14)15-3)12-8(2)13/h9H,4-7H2,1-3H3,(H,12,13)/t9-,11+/m0/s1.